The Morgan fingerprint density at radius 1 is 0.458 bits per heavy atom. The Labute approximate surface area is 350 Å². The van der Waals surface area contributed by atoms with Crippen LogP contribution in [-0.2, 0) is 16.2 Å². The van der Waals surface area contributed by atoms with Gasteiger partial charge in [-0.05, 0) is 116 Å². The van der Waals surface area contributed by atoms with Crippen LogP contribution in [0.5, 0.6) is 0 Å². The number of anilines is 5. The molecule has 0 bridgehead atoms. The summed E-state index contributed by atoms with van der Waals surface area (Å²) in [5.41, 5.74) is 20.5. The minimum atomic E-state index is -0.104. The molecule has 0 saturated heterocycles. The summed E-state index contributed by atoms with van der Waals surface area (Å²) in [7, 11) is 0. The molecule has 0 spiro atoms. The van der Waals surface area contributed by atoms with Crippen molar-refractivity contribution >= 4 is 68.1 Å². The quantitative estimate of drug-likeness (QED) is 0.167. The van der Waals surface area contributed by atoms with E-state index in [1.54, 1.807) is 0 Å². The summed E-state index contributed by atoms with van der Waals surface area (Å²) in [5, 5.41) is 2.28. The second-order valence-corrected chi connectivity index (χ2v) is 20.0. The first-order chi connectivity index (χ1) is 28.1. The molecule has 292 valence electrons. The Hall–Kier alpha value is -6.00. The number of benzene rings is 7. The van der Waals surface area contributed by atoms with Gasteiger partial charge in [0, 0.05) is 50.7 Å². The van der Waals surface area contributed by atoms with Gasteiger partial charge in [-0.1, -0.05) is 147 Å². The van der Waals surface area contributed by atoms with Gasteiger partial charge < -0.3 is 14.1 Å². The van der Waals surface area contributed by atoms with Crippen molar-refractivity contribution in [2.45, 2.75) is 85.5 Å². The van der Waals surface area contributed by atoms with Crippen molar-refractivity contribution in [3.63, 3.8) is 0 Å². The van der Waals surface area contributed by atoms with Crippen molar-refractivity contribution in [2.24, 2.45) is 0 Å². The van der Waals surface area contributed by atoms with Crippen LogP contribution < -0.4 is 20.6 Å². The average Bonchev–Trinajstić information content (AvgIpc) is 3.56. The molecule has 0 radical (unpaired) electrons. The van der Waals surface area contributed by atoms with Gasteiger partial charge in [-0.15, -0.1) is 0 Å². The molecule has 2 aliphatic heterocycles. The maximum Gasteiger partial charge on any atom is 0.333 e. The van der Waals surface area contributed by atoms with Gasteiger partial charge in [0.25, 0.3) is 0 Å². The SMILES string of the molecule is Cc1cc2c3c(c1)N(c1ccc(C(C)(C)C)cc1-c1ccccc1)c1cc4oc5ccccc5c4cc1B3N(c1ccc(C(C)(C)C)cc1)c1ccc(C(C)(C)C)cc1-2. The largest absolute Gasteiger partial charge is 0.456 e. The molecule has 0 N–H and O–H groups in total. The molecule has 3 heterocycles. The number of nitrogens with zero attached hydrogens (tertiary/aromatic N) is 2. The van der Waals surface area contributed by atoms with Crippen LogP contribution in [0.1, 0.15) is 84.6 Å². The molecule has 0 saturated carbocycles. The normalized spacial score (nSPS) is 13.8. The van der Waals surface area contributed by atoms with Crippen LogP contribution in [0.4, 0.5) is 28.4 Å². The predicted molar refractivity (Wildman–Crippen MR) is 254 cm³/mol. The minimum absolute atomic E-state index is 0.0130. The van der Waals surface area contributed by atoms with Crippen LogP contribution in [0.15, 0.2) is 144 Å². The smallest absolute Gasteiger partial charge is 0.333 e. The first-order valence-corrected chi connectivity index (χ1v) is 21.2. The first-order valence-electron chi connectivity index (χ1n) is 21.2. The zero-order chi connectivity index (χ0) is 41.2. The van der Waals surface area contributed by atoms with E-state index < -0.39 is 0 Å². The van der Waals surface area contributed by atoms with Crippen molar-refractivity contribution in [2.75, 3.05) is 9.71 Å². The Balaban J connectivity index is 1.34. The summed E-state index contributed by atoms with van der Waals surface area (Å²) in [6.07, 6.45) is 0. The lowest BCUT2D eigenvalue weighted by Gasteiger charge is -2.46. The lowest BCUT2D eigenvalue weighted by Crippen LogP contribution is -2.61. The predicted octanol–water partition coefficient (Wildman–Crippen LogP) is 14.2. The molecule has 1 aromatic heterocycles. The van der Waals surface area contributed by atoms with Crippen LogP contribution >= 0.6 is 0 Å². The molecule has 7 aromatic carbocycles. The molecule has 0 amide bonds. The van der Waals surface area contributed by atoms with E-state index in [0.717, 1.165) is 33.3 Å². The van der Waals surface area contributed by atoms with Crippen molar-refractivity contribution in [1.82, 2.24) is 0 Å². The Bertz CT molecular complexity index is 2950. The third kappa shape index (κ3) is 6.02. The van der Waals surface area contributed by atoms with Gasteiger partial charge in [0.05, 0.1) is 5.69 Å². The molecule has 4 heteroatoms. The molecule has 3 nitrogen and oxygen atoms in total. The average molecular weight is 769 g/mol. The van der Waals surface area contributed by atoms with Gasteiger partial charge in [-0.2, -0.15) is 0 Å². The van der Waals surface area contributed by atoms with Crippen molar-refractivity contribution in [1.29, 1.82) is 0 Å². The van der Waals surface area contributed by atoms with E-state index in [1.807, 2.05) is 0 Å². The highest BCUT2D eigenvalue weighted by Crippen LogP contribution is 2.50. The van der Waals surface area contributed by atoms with E-state index in [4.69, 9.17) is 4.42 Å². The highest BCUT2D eigenvalue weighted by molar-refractivity contribution is 6.93. The topological polar surface area (TPSA) is 19.6 Å². The summed E-state index contributed by atoms with van der Waals surface area (Å²) in [6.45, 7) is 22.9. The third-order valence-electron chi connectivity index (χ3n) is 12.7. The number of rotatable bonds is 3. The Kier molecular flexibility index (Phi) is 8.22. The lowest BCUT2D eigenvalue weighted by atomic mass is 9.43. The summed E-state index contributed by atoms with van der Waals surface area (Å²) >= 11 is 0. The summed E-state index contributed by atoms with van der Waals surface area (Å²) in [5.74, 6) is 0. The Morgan fingerprint density at radius 2 is 1.07 bits per heavy atom. The lowest BCUT2D eigenvalue weighted by molar-refractivity contribution is 0.590. The van der Waals surface area contributed by atoms with E-state index in [1.165, 1.54) is 72.5 Å². The molecule has 0 unspecified atom stereocenters. The first kappa shape index (κ1) is 37.3. The van der Waals surface area contributed by atoms with Crippen LogP contribution in [-0.4, -0.2) is 6.85 Å². The van der Waals surface area contributed by atoms with Gasteiger partial charge >= 0.3 is 6.85 Å². The standard InChI is InChI=1S/C55H53BN2O/c1-34-28-44-42-31-38(55(8,9)10)23-27-47(42)58(39-24-20-36(21-25-39)53(2,3)4)56-45-32-43-40-18-14-15-19-50(40)59-51(43)33-48(45)57(49(29-34)52(44)56)46-26-22-37(54(5,6)7)30-41(46)35-16-12-11-13-17-35/h11-33H,1-10H3. The second-order valence-electron chi connectivity index (χ2n) is 20.0. The fourth-order valence-corrected chi connectivity index (χ4v) is 9.50. The zero-order valence-corrected chi connectivity index (χ0v) is 36.2. The molecule has 0 fully saturated rings. The van der Waals surface area contributed by atoms with Gasteiger partial charge in [0.2, 0.25) is 0 Å². The molecule has 10 rings (SSSR count). The van der Waals surface area contributed by atoms with Gasteiger partial charge in [0.15, 0.2) is 0 Å². The van der Waals surface area contributed by atoms with Gasteiger partial charge in [-0.25, -0.2) is 0 Å². The highest BCUT2D eigenvalue weighted by atomic mass is 16.3. The van der Waals surface area contributed by atoms with Gasteiger partial charge in [-0.3, -0.25) is 0 Å². The van der Waals surface area contributed by atoms with E-state index in [9.17, 15) is 0 Å². The van der Waals surface area contributed by atoms with Crippen molar-refractivity contribution in [3.8, 4) is 22.3 Å². The minimum Gasteiger partial charge on any atom is -0.456 e. The molecule has 8 aromatic rings. The maximum absolute atomic E-state index is 6.72. The fraction of sp³-hybridized carbons (Fsp3) is 0.236. The zero-order valence-electron chi connectivity index (χ0n) is 36.2. The molecular formula is C55H53BN2O. The number of hydrogen-bond donors (Lipinski definition) is 0. The molecular weight excluding hydrogens is 715 g/mol. The van der Waals surface area contributed by atoms with E-state index >= 15 is 0 Å². The van der Waals surface area contributed by atoms with Crippen LogP contribution in [0.25, 0.3) is 44.2 Å². The van der Waals surface area contributed by atoms with Crippen molar-refractivity contribution < 1.29 is 4.42 Å². The summed E-state index contributed by atoms with van der Waals surface area (Å²) in [6, 6.07) is 52.7. The number of hydrogen-bond acceptors (Lipinski definition) is 3. The fourth-order valence-electron chi connectivity index (χ4n) is 9.50. The molecule has 59 heavy (non-hydrogen) atoms. The Morgan fingerprint density at radius 3 is 1.75 bits per heavy atom. The van der Waals surface area contributed by atoms with Crippen LogP contribution in [0, 0.1) is 6.92 Å². The molecule has 0 atom stereocenters. The highest BCUT2D eigenvalue weighted by Gasteiger charge is 2.46. The molecule has 0 aliphatic carbocycles. The summed E-state index contributed by atoms with van der Waals surface area (Å²) in [4.78, 5) is 5.18. The monoisotopic (exact) mass is 768 g/mol. The van der Waals surface area contributed by atoms with E-state index in [0.29, 0.717) is 0 Å². The maximum atomic E-state index is 6.72. The number of furan rings is 1. The molecule has 2 aliphatic rings. The summed E-state index contributed by atoms with van der Waals surface area (Å²) < 4.78 is 6.72. The number of aryl methyl sites for hydroxylation is 1. The second kappa shape index (κ2) is 13.0. The van der Waals surface area contributed by atoms with E-state index in [2.05, 4.69) is 218 Å². The van der Waals surface area contributed by atoms with E-state index in [-0.39, 0.29) is 23.1 Å². The number of fused-ring (bicyclic) bond motifs is 7. The van der Waals surface area contributed by atoms with Gasteiger partial charge in [0.1, 0.15) is 11.2 Å². The van der Waals surface area contributed by atoms with Crippen molar-refractivity contribution in [3.05, 3.63) is 162 Å². The number of para-hydroxylation sites is 1. The van der Waals surface area contributed by atoms with Crippen LogP contribution in [0.2, 0.25) is 0 Å². The van der Waals surface area contributed by atoms with Crippen LogP contribution in [0.3, 0.4) is 0 Å². The third-order valence-corrected chi connectivity index (χ3v) is 12.7.